The van der Waals surface area contributed by atoms with E-state index in [1.807, 2.05) is 7.05 Å². The molecule has 1 heterocycles. The molecule has 0 fully saturated rings. The normalized spacial score (nSPS) is 12.3. The smallest absolute Gasteiger partial charge is 0.137 e. The predicted octanol–water partition coefficient (Wildman–Crippen LogP) is 3.34. The second kappa shape index (κ2) is 7.97. The van der Waals surface area contributed by atoms with Crippen molar-refractivity contribution in [2.24, 2.45) is 5.92 Å². The molecule has 1 unspecified atom stereocenters. The summed E-state index contributed by atoms with van der Waals surface area (Å²) in [6, 6.07) is 0. The summed E-state index contributed by atoms with van der Waals surface area (Å²) in [5.41, 5.74) is 1.25. The molecule has 0 aliphatic rings. The van der Waals surface area contributed by atoms with E-state index in [1.54, 1.807) is 6.33 Å². The second-order valence-corrected chi connectivity index (χ2v) is 5.08. The van der Waals surface area contributed by atoms with Crippen LogP contribution in [0, 0.1) is 5.92 Å². The lowest BCUT2D eigenvalue weighted by Crippen LogP contribution is -2.30. The Labute approximate surface area is 117 Å². The Balaban J connectivity index is 3.07. The van der Waals surface area contributed by atoms with Crippen molar-refractivity contribution >= 4 is 11.6 Å². The molecule has 0 saturated heterocycles. The highest BCUT2D eigenvalue weighted by atomic mass is 15.2. The summed E-state index contributed by atoms with van der Waals surface area (Å²) >= 11 is 0. The molecule has 1 aromatic heterocycles. The van der Waals surface area contributed by atoms with Crippen LogP contribution >= 0.6 is 0 Å². The molecule has 0 amide bonds. The maximum Gasteiger partial charge on any atom is 0.137 e. The third kappa shape index (κ3) is 4.08. The average molecular weight is 264 g/mol. The van der Waals surface area contributed by atoms with Gasteiger partial charge in [0.15, 0.2) is 0 Å². The van der Waals surface area contributed by atoms with Gasteiger partial charge in [-0.2, -0.15) is 0 Å². The lowest BCUT2D eigenvalue weighted by Gasteiger charge is -2.27. The van der Waals surface area contributed by atoms with E-state index in [2.05, 4.69) is 47.9 Å². The number of nitrogens with one attached hydrogen (secondary N) is 1. The first kappa shape index (κ1) is 15.7. The van der Waals surface area contributed by atoms with Gasteiger partial charge >= 0.3 is 0 Å². The fraction of sp³-hybridized carbons (Fsp3) is 0.733. The molecule has 1 rings (SSSR count). The first-order chi connectivity index (χ1) is 9.17. The summed E-state index contributed by atoms with van der Waals surface area (Å²) in [5, 5.41) is 3.19. The molecule has 0 spiro atoms. The zero-order valence-corrected chi connectivity index (χ0v) is 13.0. The highest BCUT2D eigenvalue weighted by Gasteiger charge is 2.16. The Morgan fingerprint density at radius 1 is 1.26 bits per heavy atom. The van der Waals surface area contributed by atoms with E-state index in [-0.39, 0.29) is 0 Å². The van der Waals surface area contributed by atoms with Crippen LogP contribution in [-0.2, 0) is 6.42 Å². The van der Waals surface area contributed by atoms with Crippen LogP contribution in [0.1, 0.15) is 46.1 Å². The fourth-order valence-corrected chi connectivity index (χ4v) is 2.24. The molecule has 4 heteroatoms. The van der Waals surface area contributed by atoms with Crippen molar-refractivity contribution in [3.63, 3.8) is 0 Å². The summed E-state index contributed by atoms with van der Waals surface area (Å²) in [6.45, 7) is 11.0. The lowest BCUT2D eigenvalue weighted by atomic mass is 10.1. The van der Waals surface area contributed by atoms with Gasteiger partial charge in [-0.15, -0.1) is 0 Å². The van der Waals surface area contributed by atoms with Gasteiger partial charge in [0.1, 0.15) is 18.0 Å². The van der Waals surface area contributed by atoms with Crippen molar-refractivity contribution in [1.82, 2.24) is 9.97 Å². The molecule has 0 bridgehead atoms. The maximum absolute atomic E-state index is 4.54. The lowest BCUT2D eigenvalue weighted by molar-refractivity contribution is 0.544. The van der Waals surface area contributed by atoms with E-state index >= 15 is 0 Å². The number of anilines is 2. The largest absolute Gasteiger partial charge is 0.373 e. The Hall–Kier alpha value is -1.32. The van der Waals surface area contributed by atoms with Crippen molar-refractivity contribution in [3.05, 3.63) is 11.9 Å². The molecule has 1 aromatic rings. The molecule has 0 saturated carbocycles. The summed E-state index contributed by atoms with van der Waals surface area (Å²) in [4.78, 5) is 11.3. The minimum atomic E-state index is 0.683. The summed E-state index contributed by atoms with van der Waals surface area (Å²) in [7, 11) is 1.93. The van der Waals surface area contributed by atoms with E-state index in [4.69, 9.17) is 0 Å². The molecule has 19 heavy (non-hydrogen) atoms. The highest BCUT2D eigenvalue weighted by molar-refractivity contribution is 5.58. The third-order valence-electron chi connectivity index (χ3n) is 3.57. The SMILES string of the molecule is CCCc1c(NC)ncnc1N(CC)CC(C)CC. The Morgan fingerprint density at radius 3 is 2.53 bits per heavy atom. The predicted molar refractivity (Wildman–Crippen MR) is 82.9 cm³/mol. The Kier molecular flexibility index (Phi) is 6.60. The van der Waals surface area contributed by atoms with Crippen LogP contribution in [0.3, 0.4) is 0 Å². The minimum Gasteiger partial charge on any atom is -0.373 e. The molecule has 4 nitrogen and oxygen atoms in total. The van der Waals surface area contributed by atoms with Crippen molar-refractivity contribution in [2.45, 2.75) is 47.0 Å². The maximum atomic E-state index is 4.54. The third-order valence-corrected chi connectivity index (χ3v) is 3.57. The van der Waals surface area contributed by atoms with Gasteiger partial charge in [-0.25, -0.2) is 9.97 Å². The molecule has 0 radical (unpaired) electrons. The molecule has 0 aliphatic carbocycles. The van der Waals surface area contributed by atoms with Crippen LogP contribution in [0.2, 0.25) is 0 Å². The monoisotopic (exact) mass is 264 g/mol. The average Bonchev–Trinajstić information content (AvgIpc) is 2.45. The van der Waals surface area contributed by atoms with Gasteiger partial charge in [0.25, 0.3) is 0 Å². The van der Waals surface area contributed by atoms with E-state index in [9.17, 15) is 0 Å². The first-order valence-corrected chi connectivity index (χ1v) is 7.44. The van der Waals surface area contributed by atoms with Crippen molar-refractivity contribution < 1.29 is 0 Å². The zero-order chi connectivity index (χ0) is 14.3. The van der Waals surface area contributed by atoms with Crippen molar-refractivity contribution in [2.75, 3.05) is 30.4 Å². The molecule has 0 aliphatic heterocycles. The van der Waals surface area contributed by atoms with Gasteiger partial charge in [-0.1, -0.05) is 33.6 Å². The van der Waals surface area contributed by atoms with Crippen LogP contribution in [0.4, 0.5) is 11.6 Å². The highest BCUT2D eigenvalue weighted by Crippen LogP contribution is 2.25. The molecular weight excluding hydrogens is 236 g/mol. The van der Waals surface area contributed by atoms with Crippen LogP contribution in [0.15, 0.2) is 6.33 Å². The number of rotatable bonds is 8. The molecule has 0 aromatic carbocycles. The molecule has 1 atom stereocenters. The van der Waals surface area contributed by atoms with E-state index in [1.165, 1.54) is 12.0 Å². The Bertz CT molecular complexity index is 378. The second-order valence-electron chi connectivity index (χ2n) is 5.08. The van der Waals surface area contributed by atoms with E-state index in [0.717, 1.165) is 37.6 Å². The van der Waals surface area contributed by atoms with Gasteiger partial charge < -0.3 is 10.2 Å². The van der Waals surface area contributed by atoms with Crippen LogP contribution in [0.25, 0.3) is 0 Å². The molecule has 1 N–H and O–H groups in total. The number of hydrogen-bond acceptors (Lipinski definition) is 4. The number of hydrogen-bond donors (Lipinski definition) is 1. The van der Waals surface area contributed by atoms with Crippen molar-refractivity contribution in [1.29, 1.82) is 0 Å². The summed E-state index contributed by atoms with van der Waals surface area (Å²) in [5.74, 6) is 2.75. The van der Waals surface area contributed by atoms with Gasteiger partial charge in [0.2, 0.25) is 0 Å². The molecule has 108 valence electrons. The standard InChI is InChI=1S/C15H28N4/c1-6-9-13-14(16-5)17-11-18-15(13)19(8-3)10-12(4)7-2/h11-12H,6-10H2,1-5H3,(H,16,17,18). The summed E-state index contributed by atoms with van der Waals surface area (Å²) < 4.78 is 0. The number of aromatic nitrogens is 2. The van der Waals surface area contributed by atoms with Crippen molar-refractivity contribution in [3.8, 4) is 0 Å². The Morgan fingerprint density at radius 2 is 2.00 bits per heavy atom. The first-order valence-electron chi connectivity index (χ1n) is 7.44. The van der Waals surface area contributed by atoms with Gasteiger partial charge in [-0.05, 0) is 19.3 Å². The summed E-state index contributed by atoms with van der Waals surface area (Å²) in [6.07, 6.45) is 4.99. The van der Waals surface area contributed by atoms with Crippen LogP contribution in [0.5, 0.6) is 0 Å². The topological polar surface area (TPSA) is 41.1 Å². The van der Waals surface area contributed by atoms with Gasteiger partial charge in [0.05, 0.1) is 0 Å². The van der Waals surface area contributed by atoms with Crippen LogP contribution < -0.4 is 10.2 Å². The quantitative estimate of drug-likeness (QED) is 0.782. The van der Waals surface area contributed by atoms with E-state index in [0.29, 0.717) is 5.92 Å². The minimum absolute atomic E-state index is 0.683. The fourth-order valence-electron chi connectivity index (χ4n) is 2.24. The van der Waals surface area contributed by atoms with E-state index < -0.39 is 0 Å². The molecular formula is C15H28N4. The van der Waals surface area contributed by atoms with Gasteiger partial charge in [-0.3, -0.25) is 0 Å². The zero-order valence-electron chi connectivity index (χ0n) is 13.0. The number of nitrogens with zero attached hydrogens (tertiary/aromatic N) is 3. The van der Waals surface area contributed by atoms with Crippen LogP contribution in [-0.4, -0.2) is 30.1 Å². The van der Waals surface area contributed by atoms with Gasteiger partial charge in [0, 0.05) is 25.7 Å².